The van der Waals surface area contributed by atoms with Gasteiger partial charge in [-0.3, -0.25) is 4.57 Å². The first kappa shape index (κ1) is 24.6. The maximum absolute atomic E-state index is 5.26. The van der Waals surface area contributed by atoms with Crippen LogP contribution >= 0.6 is 0 Å². The third-order valence-corrected chi connectivity index (χ3v) is 7.43. The van der Waals surface area contributed by atoms with Gasteiger partial charge < -0.3 is 0 Å². The van der Waals surface area contributed by atoms with Gasteiger partial charge in [0.1, 0.15) is 5.82 Å². The van der Waals surface area contributed by atoms with Crippen molar-refractivity contribution < 1.29 is 0 Å². The molecular formula is C39H28N2. The lowest BCUT2D eigenvalue weighted by atomic mass is 10.0. The van der Waals surface area contributed by atoms with Gasteiger partial charge in [0.15, 0.2) is 0 Å². The largest absolute Gasteiger partial charge is 0.299 e. The minimum atomic E-state index is 0.910. The highest BCUT2D eigenvalue weighted by molar-refractivity contribution is 5.76. The molecule has 0 aliphatic carbocycles. The zero-order valence-electron chi connectivity index (χ0n) is 22.6. The van der Waals surface area contributed by atoms with Crippen LogP contribution in [0.25, 0.3) is 61.7 Å². The van der Waals surface area contributed by atoms with Gasteiger partial charge in [0.25, 0.3) is 0 Å². The van der Waals surface area contributed by atoms with E-state index in [1.165, 1.54) is 33.4 Å². The normalized spacial score (nSPS) is 10.9. The Balaban J connectivity index is 1.38. The van der Waals surface area contributed by atoms with Gasteiger partial charge in [0, 0.05) is 23.0 Å². The Hall–Kier alpha value is -5.47. The molecule has 0 aliphatic heterocycles. The highest BCUT2D eigenvalue weighted by Gasteiger charge is 2.15. The van der Waals surface area contributed by atoms with E-state index in [9.17, 15) is 0 Å². The predicted molar refractivity (Wildman–Crippen MR) is 171 cm³/mol. The molecule has 2 nitrogen and oxygen atoms in total. The molecule has 0 N–H and O–H groups in total. The first-order valence-electron chi connectivity index (χ1n) is 13.9. The summed E-state index contributed by atoms with van der Waals surface area (Å²) in [6, 6.07) is 57.5. The van der Waals surface area contributed by atoms with E-state index in [1.54, 1.807) is 0 Å². The second kappa shape index (κ2) is 11.0. The Morgan fingerprint density at radius 2 is 0.756 bits per heavy atom. The fourth-order valence-corrected chi connectivity index (χ4v) is 5.34. The zero-order valence-corrected chi connectivity index (χ0v) is 22.6. The summed E-state index contributed by atoms with van der Waals surface area (Å²) < 4.78 is 2.22. The quantitative estimate of drug-likeness (QED) is 0.212. The molecule has 1 aromatic heterocycles. The standard InChI is InChI=1S/C39H28N2/c1-4-13-29(14-5-1)32-19-10-22-35(25-32)38-28-41(37-24-12-21-34(27-37)31-17-8-3-9-18-31)39(40-38)36-23-11-20-33(26-36)30-15-6-2-7-16-30/h1-28H. The highest BCUT2D eigenvalue weighted by atomic mass is 15.1. The summed E-state index contributed by atoms with van der Waals surface area (Å²) >= 11 is 0. The van der Waals surface area contributed by atoms with Crippen molar-refractivity contribution in [2.24, 2.45) is 0 Å². The van der Waals surface area contributed by atoms with Gasteiger partial charge in [-0.2, -0.15) is 0 Å². The molecule has 0 aliphatic rings. The molecule has 194 valence electrons. The summed E-state index contributed by atoms with van der Waals surface area (Å²) in [6.07, 6.45) is 2.17. The molecule has 2 heteroatoms. The topological polar surface area (TPSA) is 17.8 Å². The van der Waals surface area contributed by atoms with E-state index in [0.717, 1.165) is 28.3 Å². The molecule has 0 atom stereocenters. The molecule has 0 fully saturated rings. The molecular weight excluding hydrogens is 496 g/mol. The number of aromatic nitrogens is 2. The highest BCUT2D eigenvalue weighted by Crippen LogP contribution is 2.33. The Kier molecular flexibility index (Phi) is 6.56. The molecule has 0 bridgehead atoms. The van der Waals surface area contributed by atoms with Crippen LogP contribution in [0.2, 0.25) is 0 Å². The van der Waals surface area contributed by atoms with Crippen molar-refractivity contribution in [2.45, 2.75) is 0 Å². The second-order valence-electron chi connectivity index (χ2n) is 10.1. The molecule has 0 saturated carbocycles. The van der Waals surface area contributed by atoms with E-state index in [2.05, 4.69) is 175 Å². The van der Waals surface area contributed by atoms with E-state index in [4.69, 9.17) is 4.98 Å². The third-order valence-electron chi connectivity index (χ3n) is 7.43. The van der Waals surface area contributed by atoms with Crippen molar-refractivity contribution in [1.29, 1.82) is 0 Å². The summed E-state index contributed by atoms with van der Waals surface area (Å²) in [5, 5.41) is 0. The molecule has 0 unspecified atom stereocenters. The molecule has 41 heavy (non-hydrogen) atoms. The van der Waals surface area contributed by atoms with Gasteiger partial charge >= 0.3 is 0 Å². The van der Waals surface area contributed by atoms with Gasteiger partial charge in [-0.15, -0.1) is 0 Å². The van der Waals surface area contributed by atoms with Crippen LogP contribution in [-0.2, 0) is 0 Å². The van der Waals surface area contributed by atoms with Gasteiger partial charge in [-0.05, 0) is 57.6 Å². The van der Waals surface area contributed by atoms with Gasteiger partial charge in [-0.25, -0.2) is 4.98 Å². The van der Waals surface area contributed by atoms with Crippen molar-refractivity contribution >= 4 is 0 Å². The van der Waals surface area contributed by atoms with Crippen molar-refractivity contribution in [2.75, 3.05) is 0 Å². The lowest BCUT2D eigenvalue weighted by Crippen LogP contribution is -1.97. The van der Waals surface area contributed by atoms with Gasteiger partial charge in [0.05, 0.1) is 5.69 Å². The smallest absolute Gasteiger partial charge is 0.145 e. The first-order valence-corrected chi connectivity index (χ1v) is 13.9. The molecule has 7 aromatic rings. The van der Waals surface area contributed by atoms with Gasteiger partial charge in [0.2, 0.25) is 0 Å². The number of imidazole rings is 1. The van der Waals surface area contributed by atoms with Crippen molar-refractivity contribution in [3.63, 3.8) is 0 Å². The summed E-state index contributed by atoms with van der Waals surface area (Å²) in [6.45, 7) is 0. The zero-order chi connectivity index (χ0) is 27.4. The molecule has 0 radical (unpaired) electrons. The van der Waals surface area contributed by atoms with E-state index >= 15 is 0 Å². The summed E-state index contributed by atoms with van der Waals surface area (Å²) in [5.74, 6) is 0.910. The van der Waals surface area contributed by atoms with Crippen LogP contribution in [-0.4, -0.2) is 9.55 Å². The Morgan fingerprint density at radius 3 is 1.32 bits per heavy atom. The monoisotopic (exact) mass is 524 g/mol. The predicted octanol–water partition coefficient (Wildman–Crippen LogP) is 10.2. The summed E-state index contributed by atoms with van der Waals surface area (Å²) in [7, 11) is 0. The van der Waals surface area contributed by atoms with Crippen molar-refractivity contribution in [3.05, 3.63) is 170 Å². The fraction of sp³-hybridized carbons (Fsp3) is 0. The number of benzene rings is 6. The summed E-state index contributed by atoms with van der Waals surface area (Å²) in [4.78, 5) is 5.26. The SMILES string of the molecule is c1ccc(-c2cccc(-c3cn(-c4cccc(-c5ccccc5)c4)c(-c4cccc(-c5ccccc5)c4)n3)c2)cc1. The van der Waals surface area contributed by atoms with Crippen LogP contribution < -0.4 is 0 Å². The van der Waals surface area contributed by atoms with Crippen LogP contribution in [0.4, 0.5) is 0 Å². The number of hydrogen-bond donors (Lipinski definition) is 0. The van der Waals surface area contributed by atoms with E-state index in [-0.39, 0.29) is 0 Å². The first-order chi connectivity index (χ1) is 20.3. The molecule has 7 rings (SSSR count). The molecule has 6 aromatic carbocycles. The molecule has 0 spiro atoms. The maximum Gasteiger partial charge on any atom is 0.145 e. The van der Waals surface area contributed by atoms with Crippen LogP contribution in [0.1, 0.15) is 0 Å². The van der Waals surface area contributed by atoms with Crippen LogP contribution in [0.15, 0.2) is 170 Å². The molecule has 1 heterocycles. The fourth-order valence-electron chi connectivity index (χ4n) is 5.34. The van der Waals surface area contributed by atoms with E-state index in [1.807, 2.05) is 0 Å². The number of hydrogen-bond acceptors (Lipinski definition) is 1. The van der Waals surface area contributed by atoms with Crippen molar-refractivity contribution in [1.82, 2.24) is 9.55 Å². The Labute approximate surface area is 240 Å². The van der Waals surface area contributed by atoms with Crippen molar-refractivity contribution in [3.8, 4) is 61.7 Å². The van der Waals surface area contributed by atoms with Crippen LogP contribution in [0.5, 0.6) is 0 Å². The minimum absolute atomic E-state index is 0.910. The van der Waals surface area contributed by atoms with Crippen LogP contribution in [0, 0.1) is 0 Å². The average molecular weight is 525 g/mol. The van der Waals surface area contributed by atoms with E-state index < -0.39 is 0 Å². The van der Waals surface area contributed by atoms with E-state index in [0.29, 0.717) is 0 Å². The number of rotatable bonds is 6. The second-order valence-corrected chi connectivity index (χ2v) is 10.1. The Bertz CT molecular complexity index is 1820. The number of nitrogens with zero attached hydrogens (tertiary/aromatic N) is 2. The summed E-state index contributed by atoms with van der Waals surface area (Å²) in [5.41, 5.74) is 11.3. The molecule has 0 amide bonds. The lowest BCUT2D eigenvalue weighted by molar-refractivity contribution is 1.07. The molecule has 0 saturated heterocycles. The van der Waals surface area contributed by atoms with Crippen LogP contribution in [0.3, 0.4) is 0 Å². The van der Waals surface area contributed by atoms with Gasteiger partial charge in [-0.1, -0.05) is 140 Å². The average Bonchev–Trinajstić information content (AvgIpc) is 3.52. The third kappa shape index (κ3) is 5.11. The maximum atomic E-state index is 5.26. The lowest BCUT2D eigenvalue weighted by Gasteiger charge is -2.11. The minimum Gasteiger partial charge on any atom is -0.299 e. The Morgan fingerprint density at radius 1 is 0.341 bits per heavy atom.